The summed E-state index contributed by atoms with van der Waals surface area (Å²) in [6.07, 6.45) is 7.21. The minimum atomic E-state index is -0.109. The van der Waals surface area contributed by atoms with E-state index < -0.39 is 0 Å². The Labute approximate surface area is 97.9 Å². The summed E-state index contributed by atoms with van der Waals surface area (Å²) in [5.41, 5.74) is 5.33. The van der Waals surface area contributed by atoms with Crippen molar-refractivity contribution in [1.29, 1.82) is 0 Å². The van der Waals surface area contributed by atoms with Crippen LogP contribution < -0.4 is 10.9 Å². The zero-order chi connectivity index (χ0) is 12.0. The Morgan fingerprint density at radius 3 is 2.44 bits per heavy atom. The van der Waals surface area contributed by atoms with Gasteiger partial charge in [0.15, 0.2) is 0 Å². The Morgan fingerprint density at radius 2 is 1.88 bits per heavy atom. The molecule has 1 aliphatic carbocycles. The quantitative estimate of drug-likeness (QED) is 0.438. The first-order valence-electron chi connectivity index (χ1n) is 6.08. The Hall–Kier alpha value is -1.06. The van der Waals surface area contributed by atoms with E-state index in [1.165, 1.54) is 19.3 Å². The van der Waals surface area contributed by atoms with Crippen molar-refractivity contribution in [2.75, 3.05) is 0 Å². The Kier molecular flexibility index (Phi) is 4.77. The molecule has 0 spiro atoms. The number of hydrogen-bond donors (Lipinski definition) is 2. The van der Waals surface area contributed by atoms with Crippen LogP contribution in [0.5, 0.6) is 0 Å². The number of hydrazine groups is 1. The maximum absolute atomic E-state index is 11.7. The van der Waals surface area contributed by atoms with Crippen LogP contribution in [0.2, 0.25) is 0 Å². The molecule has 1 aliphatic rings. The van der Waals surface area contributed by atoms with E-state index in [-0.39, 0.29) is 17.4 Å². The molecule has 16 heavy (non-hydrogen) atoms. The lowest BCUT2D eigenvalue weighted by atomic mass is 9.89. The Balaban J connectivity index is 2.22. The summed E-state index contributed by atoms with van der Waals surface area (Å²) in [5.74, 6) is 0.282. The minimum absolute atomic E-state index is 0.0973. The molecule has 0 radical (unpaired) electrons. The first-order valence-corrected chi connectivity index (χ1v) is 6.08. The standard InChI is InChI=1S/C12H23N3O/c1-12(2,3)13-9-14-15-11(16)10-7-5-4-6-8-10/h9-10H,4-8H2,1-3H3,(H,13,14)(H,15,16). The second kappa shape index (κ2) is 5.87. The topological polar surface area (TPSA) is 53.5 Å². The molecule has 2 N–H and O–H groups in total. The average Bonchev–Trinajstić information content (AvgIpc) is 2.24. The van der Waals surface area contributed by atoms with Crippen molar-refractivity contribution < 1.29 is 4.79 Å². The number of nitrogens with zero attached hydrogens (tertiary/aromatic N) is 1. The summed E-state index contributed by atoms with van der Waals surface area (Å²) < 4.78 is 0. The van der Waals surface area contributed by atoms with Gasteiger partial charge < -0.3 is 0 Å². The Bertz CT molecular complexity index is 249. The number of carbonyl (C=O) groups excluding carboxylic acids is 1. The number of carbonyl (C=O) groups is 1. The van der Waals surface area contributed by atoms with Gasteiger partial charge in [0.05, 0.1) is 5.54 Å². The van der Waals surface area contributed by atoms with Crippen LogP contribution in [0.4, 0.5) is 0 Å². The maximum Gasteiger partial charge on any atom is 0.241 e. The van der Waals surface area contributed by atoms with E-state index in [9.17, 15) is 4.79 Å². The summed E-state index contributed by atoms with van der Waals surface area (Å²) in [6, 6.07) is 0. The van der Waals surface area contributed by atoms with Gasteiger partial charge in [-0.05, 0) is 33.6 Å². The SMILES string of the molecule is CC(C)(C)N=CNNC(=O)C1CCCCC1. The molecule has 92 valence electrons. The van der Waals surface area contributed by atoms with E-state index in [0.29, 0.717) is 0 Å². The van der Waals surface area contributed by atoms with Crippen molar-refractivity contribution in [3.05, 3.63) is 0 Å². The van der Waals surface area contributed by atoms with Gasteiger partial charge in [0.2, 0.25) is 5.91 Å². The van der Waals surface area contributed by atoms with E-state index >= 15 is 0 Å². The molecule has 0 unspecified atom stereocenters. The highest BCUT2D eigenvalue weighted by molar-refractivity contribution is 5.79. The smallest absolute Gasteiger partial charge is 0.241 e. The summed E-state index contributed by atoms with van der Waals surface area (Å²) in [6.45, 7) is 6.02. The number of nitrogens with one attached hydrogen (secondary N) is 2. The highest BCUT2D eigenvalue weighted by Gasteiger charge is 2.20. The highest BCUT2D eigenvalue weighted by atomic mass is 16.2. The molecular weight excluding hydrogens is 202 g/mol. The molecule has 1 saturated carbocycles. The molecule has 4 nitrogen and oxygen atoms in total. The van der Waals surface area contributed by atoms with Crippen molar-refractivity contribution in [2.24, 2.45) is 10.9 Å². The van der Waals surface area contributed by atoms with Crippen LogP contribution in [0.3, 0.4) is 0 Å². The number of hydrogen-bond acceptors (Lipinski definition) is 2. The molecule has 0 saturated heterocycles. The van der Waals surface area contributed by atoms with Gasteiger partial charge in [0, 0.05) is 5.92 Å². The van der Waals surface area contributed by atoms with Gasteiger partial charge in [-0.25, -0.2) is 0 Å². The van der Waals surface area contributed by atoms with Crippen molar-refractivity contribution in [3.63, 3.8) is 0 Å². The molecule has 0 aromatic heterocycles. The zero-order valence-corrected chi connectivity index (χ0v) is 10.5. The predicted octanol–water partition coefficient (Wildman–Crippen LogP) is 2.01. The first-order chi connectivity index (χ1) is 7.49. The molecule has 0 aromatic rings. The van der Waals surface area contributed by atoms with Crippen molar-refractivity contribution in [3.8, 4) is 0 Å². The number of rotatable bonds is 3. The van der Waals surface area contributed by atoms with E-state index in [1.807, 2.05) is 20.8 Å². The first kappa shape index (κ1) is 13.0. The van der Waals surface area contributed by atoms with Crippen molar-refractivity contribution >= 4 is 12.2 Å². The van der Waals surface area contributed by atoms with Crippen LogP contribution >= 0.6 is 0 Å². The van der Waals surface area contributed by atoms with Crippen LogP contribution in [-0.2, 0) is 4.79 Å². The normalized spacial score (nSPS) is 18.7. The minimum Gasteiger partial charge on any atom is -0.288 e. The molecule has 1 fully saturated rings. The average molecular weight is 225 g/mol. The second-order valence-corrected chi connectivity index (χ2v) is 5.40. The van der Waals surface area contributed by atoms with Gasteiger partial charge in [-0.3, -0.25) is 20.6 Å². The van der Waals surface area contributed by atoms with Crippen LogP contribution in [0.25, 0.3) is 0 Å². The van der Waals surface area contributed by atoms with Crippen molar-refractivity contribution in [2.45, 2.75) is 58.4 Å². The number of aliphatic imine (C=N–C) groups is 1. The van der Waals surface area contributed by atoms with Crippen LogP contribution in [-0.4, -0.2) is 17.8 Å². The molecule has 0 heterocycles. The zero-order valence-electron chi connectivity index (χ0n) is 10.5. The lowest BCUT2D eigenvalue weighted by Gasteiger charge is -2.20. The number of amides is 1. The van der Waals surface area contributed by atoms with Gasteiger partial charge in [-0.2, -0.15) is 0 Å². The predicted molar refractivity (Wildman–Crippen MR) is 66.1 cm³/mol. The second-order valence-electron chi connectivity index (χ2n) is 5.40. The van der Waals surface area contributed by atoms with Crippen LogP contribution in [0.1, 0.15) is 52.9 Å². The van der Waals surface area contributed by atoms with E-state index in [4.69, 9.17) is 0 Å². The van der Waals surface area contributed by atoms with Crippen LogP contribution in [0, 0.1) is 5.92 Å². The fourth-order valence-electron chi connectivity index (χ4n) is 1.80. The summed E-state index contributed by atoms with van der Waals surface area (Å²) in [4.78, 5) is 15.9. The van der Waals surface area contributed by atoms with Gasteiger partial charge >= 0.3 is 0 Å². The summed E-state index contributed by atoms with van der Waals surface area (Å²) in [5, 5.41) is 0. The highest BCUT2D eigenvalue weighted by Crippen LogP contribution is 2.23. The fourth-order valence-corrected chi connectivity index (χ4v) is 1.80. The van der Waals surface area contributed by atoms with Gasteiger partial charge in [0.25, 0.3) is 0 Å². The molecule has 0 bridgehead atoms. The maximum atomic E-state index is 11.7. The third kappa shape index (κ3) is 5.14. The monoisotopic (exact) mass is 225 g/mol. The van der Waals surface area contributed by atoms with Gasteiger partial charge in [-0.1, -0.05) is 19.3 Å². The lowest BCUT2D eigenvalue weighted by Crippen LogP contribution is -2.41. The van der Waals surface area contributed by atoms with Crippen molar-refractivity contribution in [1.82, 2.24) is 10.9 Å². The summed E-state index contributed by atoms with van der Waals surface area (Å²) >= 11 is 0. The summed E-state index contributed by atoms with van der Waals surface area (Å²) in [7, 11) is 0. The third-order valence-corrected chi connectivity index (χ3v) is 2.69. The van der Waals surface area contributed by atoms with Gasteiger partial charge in [0.1, 0.15) is 6.34 Å². The lowest BCUT2D eigenvalue weighted by molar-refractivity contribution is -0.126. The molecule has 0 atom stereocenters. The molecule has 1 amide bonds. The molecule has 0 aliphatic heterocycles. The molecule has 1 rings (SSSR count). The van der Waals surface area contributed by atoms with Gasteiger partial charge in [-0.15, -0.1) is 0 Å². The molecule has 0 aromatic carbocycles. The fraction of sp³-hybridized carbons (Fsp3) is 0.833. The largest absolute Gasteiger partial charge is 0.288 e. The molecule has 4 heteroatoms. The third-order valence-electron chi connectivity index (χ3n) is 2.69. The van der Waals surface area contributed by atoms with E-state index in [1.54, 1.807) is 6.34 Å². The van der Waals surface area contributed by atoms with E-state index in [0.717, 1.165) is 12.8 Å². The Morgan fingerprint density at radius 1 is 1.25 bits per heavy atom. The van der Waals surface area contributed by atoms with Crippen LogP contribution in [0.15, 0.2) is 4.99 Å². The van der Waals surface area contributed by atoms with E-state index in [2.05, 4.69) is 15.8 Å². The molecular formula is C12H23N3O.